The Kier molecular flexibility index (Phi) is 4.16. The topological polar surface area (TPSA) is 67.4 Å². The number of ether oxygens (including phenoxy) is 1. The lowest BCUT2D eigenvalue weighted by molar-refractivity contribution is -0.148. The first-order valence-corrected chi connectivity index (χ1v) is 9.37. The van der Waals surface area contributed by atoms with Gasteiger partial charge < -0.3 is 15.4 Å². The minimum Gasteiger partial charge on any atom is -0.491 e. The van der Waals surface area contributed by atoms with Crippen LogP contribution in [0.2, 0.25) is 0 Å². The SMILES string of the molecule is COc1c(F)cc(NC(=O)C23C[C@H]4C[C@@H](CC(NC(C)=O)(C4)C2)C3)cc1F. The third-order valence-electron chi connectivity index (χ3n) is 6.44. The van der Waals surface area contributed by atoms with Crippen LogP contribution in [0.15, 0.2) is 12.1 Å². The van der Waals surface area contributed by atoms with Crippen molar-refractivity contribution >= 4 is 17.5 Å². The highest BCUT2D eigenvalue weighted by atomic mass is 19.1. The zero-order valence-electron chi connectivity index (χ0n) is 15.5. The summed E-state index contributed by atoms with van der Waals surface area (Å²) in [5.74, 6) is -1.67. The molecular formula is C20H24F2N2O3. The van der Waals surface area contributed by atoms with Crippen molar-refractivity contribution in [3.63, 3.8) is 0 Å². The van der Waals surface area contributed by atoms with Crippen LogP contribution in [0.5, 0.6) is 5.75 Å². The molecule has 1 aromatic rings. The van der Waals surface area contributed by atoms with Crippen molar-refractivity contribution < 1.29 is 23.1 Å². The van der Waals surface area contributed by atoms with Gasteiger partial charge in [-0.2, -0.15) is 0 Å². The fourth-order valence-electron chi connectivity index (χ4n) is 6.14. The second kappa shape index (κ2) is 6.17. The maximum atomic E-state index is 14.0. The Bertz CT molecular complexity index is 773. The number of anilines is 1. The molecule has 2 atom stereocenters. The second-order valence-electron chi connectivity index (χ2n) is 8.63. The van der Waals surface area contributed by atoms with E-state index in [2.05, 4.69) is 15.4 Å². The molecule has 2 N–H and O–H groups in total. The summed E-state index contributed by atoms with van der Waals surface area (Å²) >= 11 is 0. The zero-order chi connectivity index (χ0) is 19.4. The average molecular weight is 378 g/mol. The molecule has 0 aromatic heterocycles. The number of rotatable bonds is 4. The highest BCUT2D eigenvalue weighted by molar-refractivity contribution is 5.96. The monoisotopic (exact) mass is 378 g/mol. The largest absolute Gasteiger partial charge is 0.491 e. The predicted molar refractivity (Wildman–Crippen MR) is 95.2 cm³/mol. The van der Waals surface area contributed by atoms with Crippen molar-refractivity contribution in [3.05, 3.63) is 23.8 Å². The Labute approximate surface area is 156 Å². The fraction of sp³-hybridized carbons (Fsp3) is 0.600. The van der Waals surface area contributed by atoms with Gasteiger partial charge in [0.05, 0.1) is 12.5 Å². The molecule has 0 saturated heterocycles. The second-order valence-corrected chi connectivity index (χ2v) is 8.63. The summed E-state index contributed by atoms with van der Waals surface area (Å²) in [7, 11) is 1.19. The molecule has 0 heterocycles. The van der Waals surface area contributed by atoms with Crippen LogP contribution >= 0.6 is 0 Å². The first kappa shape index (κ1) is 18.2. The first-order valence-electron chi connectivity index (χ1n) is 9.37. The average Bonchev–Trinajstić information content (AvgIpc) is 2.51. The van der Waals surface area contributed by atoms with Gasteiger partial charge in [-0.05, 0) is 50.4 Å². The molecule has 1 aromatic carbocycles. The Hall–Kier alpha value is -2.18. The van der Waals surface area contributed by atoms with E-state index in [1.54, 1.807) is 0 Å². The number of carbonyl (C=O) groups excluding carboxylic acids is 2. The minimum atomic E-state index is -0.854. The Morgan fingerprint density at radius 2 is 1.70 bits per heavy atom. The van der Waals surface area contributed by atoms with Crippen molar-refractivity contribution in [2.75, 3.05) is 12.4 Å². The number of amides is 2. The molecule has 7 heteroatoms. The highest BCUT2D eigenvalue weighted by Gasteiger charge is 2.60. The molecule has 4 saturated carbocycles. The van der Waals surface area contributed by atoms with E-state index < -0.39 is 22.8 Å². The van der Waals surface area contributed by atoms with Gasteiger partial charge in [0, 0.05) is 30.3 Å². The van der Waals surface area contributed by atoms with E-state index in [0.29, 0.717) is 18.3 Å². The van der Waals surface area contributed by atoms with E-state index >= 15 is 0 Å². The first-order chi connectivity index (χ1) is 12.7. The lowest BCUT2D eigenvalue weighted by atomic mass is 9.46. The molecule has 146 valence electrons. The van der Waals surface area contributed by atoms with Gasteiger partial charge in [0.25, 0.3) is 0 Å². The van der Waals surface area contributed by atoms with E-state index in [-0.39, 0.29) is 23.0 Å². The third-order valence-corrected chi connectivity index (χ3v) is 6.44. The van der Waals surface area contributed by atoms with Gasteiger partial charge >= 0.3 is 0 Å². The molecule has 4 aliphatic rings. The van der Waals surface area contributed by atoms with Crippen molar-refractivity contribution in [1.82, 2.24) is 5.32 Å². The summed E-state index contributed by atoms with van der Waals surface area (Å²) in [6.07, 6.45) is 5.01. The van der Waals surface area contributed by atoms with Gasteiger partial charge in [-0.15, -0.1) is 0 Å². The van der Waals surface area contributed by atoms with Gasteiger partial charge in [0.15, 0.2) is 17.4 Å². The molecule has 4 fully saturated rings. The smallest absolute Gasteiger partial charge is 0.230 e. The van der Waals surface area contributed by atoms with E-state index in [9.17, 15) is 18.4 Å². The van der Waals surface area contributed by atoms with Gasteiger partial charge in [-0.25, -0.2) is 8.78 Å². The lowest BCUT2D eigenvalue weighted by Gasteiger charge is -2.61. The summed E-state index contributed by atoms with van der Waals surface area (Å²) in [6, 6.07) is 2.15. The van der Waals surface area contributed by atoms with Crippen LogP contribution in [0.25, 0.3) is 0 Å². The van der Waals surface area contributed by atoms with Gasteiger partial charge in [0.1, 0.15) is 0 Å². The molecule has 4 bridgehead atoms. The van der Waals surface area contributed by atoms with E-state index in [1.807, 2.05) is 0 Å². The number of halogens is 2. The molecule has 0 radical (unpaired) electrons. The number of carbonyl (C=O) groups is 2. The molecule has 27 heavy (non-hydrogen) atoms. The van der Waals surface area contributed by atoms with E-state index in [1.165, 1.54) is 14.0 Å². The third kappa shape index (κ3) is 3.07. The quantitative estimate of drug-likeness (QED) is 0.844. The summed E-state index contributed by atoms with van der Waals surface area (Å²) in [5, 5.41) is 5.82. The van der Waals surface area contributed by atoms with Crippen LogP contribution in [0.4, 0.5) is 14.5 Å². The molecule has 0 aliphatic heterocycles. The number of benzene rings is 1. The lowest BCUT2D eigenvalue weighted by Crippen LogP contribution is -2.65. The summed E-state index contributed by atoms with van der Waals surface area (Å²) in [4.78, 5) is 24.9. The predicted octanol–water partition coefficient (Wildman–Crippen LogP) is 3.39. The zero-order valence-corrected chi connectivity index (χ0v) is 15.5. The standard InChI is InChI=1S/C20H24F2N2O3/c1-11(25)24-20-8-12-3-13(9-20)7-19(6-12,10-20)18(26)23-14-4-15(21)17(27-2)16(22)5-14/h4-5,12-13H,3,6-10H2,1-2H3,(H,23,26)(H,24,25)/t12-,13-,19?,20?/m1/s1. The van der Waals surface area contributed by atoms with E-state index in [4.69, 9.17) is 0 Å². The maximum Gasteiger partial charge on any atom is 0.230 e. The summed E-state index contributed by atoms with van der Waals surface area (Å²) in [6.45, 7) is 1.51. The fourth-order valence-corrected chi connectivity index (χ4v) is 6.14. The van der Waals surface area contributed by atoms with Crippen molar-refractivity contribution in [3.8, 4) is 5.75 Å². The van der Waals surface area contributed by atoms with Gasteiger partial charge in [0.2, 0.25) is 11.8 Å². The molecule has 5 rings (SSSR count). The van der Waals surface area contributed by atoms with Crippen LogP contribution < -0.4 is 15.4 Å². The Morgan fingerprint density at radius 1 is 1.11 bits per heavy atom. The minimum absolute atomic E-state index is 0.0770. The molecule has 0 unspecified atom stereocenters. The molecule has 0 spiro atoms. The van der Waals surface area contributed by atoms with Crippen LogP contribution in [-0.2, 0) is 9.59 Å². The number of methoxy groups -OCH3 is 1. The van der Waals surface area contributed by atoms with Gasteiger partial charge in [-0.3, -0.25) is 9.59 Å². The van der Waals surface area contributed by atoms with Crippen molar-refractivity contribution in [1.29, 1.82) is 0 Å². The molecule has 2 amide bonds. The molecule has 4 aliphatic carbocycles. The number of hydrogen-bond acceptors (Lipinski definition) is 3. The Balaban J connectivity index is 1.59. The van der Waals surface area contributed by atoms with Gasteiger partial charge in [-0.1, -0.05) is 0 Å². The summed E-state index contributed by atoms with van der Waals surface area (Å²) in [5.41, 5.74) is -0.844. The number of nitrogens with one attached hydrogen (secondary N) is 2. The highest BCUT2D eigenvalue weighted by Crippen LogP contribution is 2.61. The van der Waals surface area contributed by atoms with Crippen molar-refractivity contribution in [2.24, 2.45) is 17.3 Å². The maximum absolute atomic E-state index is 14.0. The summed E-state index contributed by atoms with van der Waals surface area (Å²) < 4.78 is 32.6. The van der Waals surface area contributed by atoms with Crippen LogP contribution in [0.3, 0.4) is 0 Å². The Morgan fingerprint density at radius 3 is 2.22 bits per heavy atom. The molecule has 5 nitrogen and oxygen atoms in total. The number of hydrogen-bond donors (Lipinski definition) is 2. The van der Waals surface area contributed by atoms with Crippen molar-refractivity contribution in [2.45, 2.75) is 51.0 Å². The van der Waals surface area contributed by atoms with E-state index in [0.717, 1.165) is 44.2 Å². The van der Waals surface area contributed by atoms with Crippen LogP contribution in [0, 0.1) is 28.9 Å². The van der Waals surface area contributed by atoms with Crippen LogP contribution in [0.1, 0.15) is 45.4 Å². The normalized spacial score (nSPS) is 33.6. The van der Waals surface area contributed by atoms with Crippen LogP contribution in [-0.4, -0.2) is 24.5 Å². The molecular weight excluding hydrogens is 354 g/mol.